The molecule has 5 nitrogen and oxygen atoms in total. The lowest BCUT2D eigenvalue weighted by atomic mass is 10.1. The first-order valence-electron chi connectivity index (χ1n) is 7.00. The van der Waals surface area contributed by atoms with Crippen LogP contribution in [0.15, 0.2) is 23.1 Å². The smallest absolute Gasteiger partial charge is 0.240 e. The van der Waals surface area contributed by atoms with Crippen molar-refractivity contribution >= 4 is 21.4 Å². The van der Waals surface area contributed by atoms with E-state index in [4.69, 9.17) is 5.73 Å². The van der Waals surface area contributed by atoms with Crippen LogP contribution in [0.5, 0.6) is 0 Å². The summed E-state index contributed by atoms with van der Waals surface area (Å²) in [6.45, 7) is 4.28. The molecule has 114 valence electrons. The van der Waals surface area contributed by atoms with E-state index in [-0.39, 0.29) is 4.90 Å². The first kappa shape index (κ1) is 16.8. The van der Waals surface area contributed by atoms with E-state index < -0.39 is 10.0 Å². The van der Waals surface area contributed by atoms with E-state index in [2.05, 4.69) is 23.9 Å². The van der Waals surface area contributed by atoms with Crippen molar-refractivity contribution in [2.24, 2.45) is 0 Å². The molecule has 0 aliphatic carbocycles. The second kappa shape index (κ2) is 7.50. The molecular weight excluding hydrogens is 274 g/mol. The van der Waals surface area contributed by atoms with E-state index in [1.807, 2.05) is 0 Å². The Morgan fingerprint density at radius 2 is 2.00 bits per heavy atom. The summed E-state index contributed by atoms with van der Waals surface area (Å²) in [5.41, 5.74) is 7.15. The van der Waals surface area contributed by atoms with Crippen molar-refractivity contribution in [1.82, 2.24) is 4.72 Å². The number of rotatable bonds is 8. The summed E-state index contributed by atoms with van der Waals surface area (Å²) in [5, 5.41) is 3.33. The average molecular weight is 299 g/mol. The number of unbranched alkanes of at least 4 members (excludes halogenated alkanes) is 2. The zero-order valence-electron chi connectivity index (χ0n) is 12.4. The molecule has 0 aliphatic heterocycles. The van der Waals surface area contributed by atoms with Crippen molar-refractivity contribution < 1.29 is 8.42 Å². The summed E-state index contributed by atoms with van der Waals surface area (Å²) in [6.07, 6.45) is 4.67. The van der Waals surface area contributed by atoms with Crippen molar-refractivity contribution in [2.75, 3.05) is 18.1 Å². The molecule has 1 rings (SSSR count). The monoisotopic (exact) mass is 299 g/mol. The molecule has 1 aromatic carbocycles. The van der Waals surface area contributed by atoms with Crippen molar-refractivity contribution in [3.05, 3.63) is 18.2 Å². The lowest BCUT2D eigenvalue weighted by Crippen LogP contribution is -2.19. The average Bonchev–Trinajstić information content (AvgIpc) is 2.41. The van der Waals surface area contributed by atoms with Crippen LogP contribution < -0.4 is 15.8 Å². The van der Waals surface area contributed by atoms with Crippen LogP contribution in [0.4, 0.5) is 11.4 Å². The van der Waals surface area contributed by atoms with Crippen molar-refractivity contribution in [3.8, 4) is 0 Å². The highest BCUT2D eigenvalue weighted by molar-refractivity contribution is 7.89. The molecule has 1 unspecified atom stereocenters. The van der Waals surface area contributed by atoms with E-state index in [0.717, 1.165) is 12.1 Å². The van der Waals surface area contributed by atoms with Crippen LogP contribution in [0.2, 0.25) is 0 Å². The molecule has 6 heteroatoms. The van der Waals surface area contributed by atoms with Gasteiger partial charge >= 0.3 is 0 Å². The summed E-state index contributed by atoms with van der Waals surface area (Å²) >= 11 is 0. The van der Waals surface area contributed by atoms with E-state index in [0.29, 0.717) is 11.7 Å². The van der Waals surface area contributed by atoms with E-state index in [1.54, 1.807) is 12.1 Å². The Morgan fingerprint density at radius 3 is 2.55 bits per heavy atom. The van der Waals surface area contributed by atoms with E-state index >= 15 is 0 Å². The zero-order chi connectivity index (χ0) is 15.2. The number of nitrogens with one attached hydrogen (secondary N) is 2. The van der Waals surface area contributed by atoms with Crippen LogP contribution in [0.1, 0.15) is 39.5 Å². The third-order valence-corrected chi connectivity index (χ3v) is 4.66. The third-order valence-electron chi connectivity index (χ3n) is 3.24. The lowest BCUT2D eigenvalue weighted by Gasteiger charge is -2.17. The number of sulfonamides is 1. The molecule has 1 aromatic rings. The fraction of sp³-hybridized carbons (Fsp3) is 0.571. The lowest BCUT2D eigenvalue weighted by molar-refractivity contribution is 0.588. The minimum Gasteiger partial charge on any atom is -0.397 e. The zero-order valence-corrected chi connectivity index (χ0v) is 13.3. The summed E-state index contributed by atoms with van der Waals surface area (Å²) in [6, 6.07) is 5.07. The quantitative estimate of drug-likeness (QED) is 0.509. The largest absolute Gasteiger partial charge is 0.397 e. The van der Waals surface area contributed by atoms with Gasteiger partial charge < -0.3 is 11.1 Å². The molecule has 1 atom stereocenters. The molecule has 0 heterocycles. The Kier molecular flexibility index (Phi) is 6.29. The predicted octanol–water partition coefficient (Wildman–Crippen LogP) is 2.56. The molecule has 0 amide bonds. The SMILES string of the molecule is CCCCCC(C)Nc1ccc(S(=O)(=O)NC)cc1N. The maximum atomic E-state index is 11.7. The summed E-state index contributed by atoms with van der Waals surface area (Å²) < 4.78 is 25.6. The number of hydrogen-bond acceptors (Lipinski definition) is 4. The van der Waals surface area contributed by atoms with Gasteiger partial charge in [-0.05, 0) is 38.6 Å². The van der Waals surface area contributed by atoms with Gasteiger partial charge in [0, 0.05) is 6.04 Å². The second-order valence-electron chi connectivity index (χ2n) is 5.00. The number of nitrogens with two attached hydrogens (primary N) is 1. The van der Waals surface area contributed by atoms with Gasteiger partial charge in [0.15, 0.2) is 0 Å². The Labute approximate surface area is 122 Å². The third kappa shape index (κ3) is 4.68. The highest BCUT2D eigenvalue weighted by Gasteiger charge is 2.13. The number of nitrogen functional groups attached to an aromatic ring is 1. The van der Waals surface area contributed by atoms with Gasteiger partial charge in [-0.1, -0.05) is 26.2 Å². The predicted molar refractivity (Wildman–Crippen MR) is 84.3 cm³/mol. The van der Waals surface area contributed by atoms with Crippen LogP contribution in [-0.2, 0) is 10.0 Å². The van der Waals surface area contributed by atoms with Gasteiger partial charge in [0.05, 0.1) is 16.3 Å². The number of hydrogen-bond donors (Lipinski definition) is 3. The fourth-order valence-electron chi connectivity index (χ4n) is 2.00. The van der Waals surface area contributed by atoms with Gasteiger partial charge in [0.2, 0.25) is 10.0 Å². The van der Waals surface area contributed by atoms with Crippen LogP contribution in [0.3, 0.4) is 0 Å². The minimum absolute atomic E-state index is 0.182. The number of anilines is 2. The molecule has 0 saturated heterocycles. The van der Waals surface area contributed by atoms with Crippen molar-refractivity contribution in [3.63, 3.8) is 0 Å². The van der Waals surface area contributed by atoms with Gasteiger partial charge in [-0.2, -0.15) is 0 Å². The Morgan fingerprint density at radius 1 is 1.30 bits per heavy atom. The van der Waals surface area contributed by atoms with Crippen LogP contribution in [0.25, 0.3) is 0 Å². The van der Waals surface area contributed by atoms with E-state index in [9.17, 15) is 8.42 Å². The summed E-state index contributed by atoms with van der Waals surface area (Å²) in [7, 11) is -2.06. The molecule has 4 N–H and O–H groups in total. The van der Waals surface area contributed by atoms with Crippen molar-refractivity contribution in [2.45, 2.75) is 50.5 Å². The molecule has 0 aliphatic rings. The standard InChI is InChI=1S/C14H25N3O2S/c1-4-5-6-7-11(2)17-14-9-8-12(10-13(14)15)20(18,19)16-3/h8-11,16-17H,4-7,15H2,1-3H3. The van der Waals surface area contributed by atoms with Crippen LogP contribution in [-0.4, -0.2) is 21.5 Å². The first-order chi connectivity index (χ1) is 9.40. The summed E-state index contributed by atoms with van der Waals surface area (Å²) in [4.78, 5) is 0.182. The van der Waals surface area contributed by atoms with Crippen LogP contribution in [0, 0.1) is 0 Å². The second-order valence-corrected chi connectivity index (χ2v) is 6.88. The van der Waals surface area contributed by atoms with Gasteiger partial charge in [0.25, 0.3) is 0 Å². The molecule has 20 heavy (non-hydrogen) atoms. The molecular formula is C14H25N3O2S. The minimum atomic E-state index is -3.44. The fourth-order valence-corrected chi connectivity index (χ4v) is 2.76. The Hall–Kier alpha value is -1.27. The molecule has 0 radical (unpaired) electrons. The maximum absolute atomic E-state index is 11.7. The molecule has 0 bridgehead atoms. The first-order valence-corrected chi connectivity index (χ1v) is 8.48. The van der Waals surface area contributed by atoms with E-state index in [1.165, 1.54) is 32.4 Å². The Bertz CT molecular complexity index is 529. The van der Waals surface area contributed by atoms with Gasteiger partial charge in [-0.3, -0.25) is 0 Å². The van der Waals surface area contributed by atoms with Gasteiger partial charge in [0.1, 0.15) is 0 Å². The van der Waals surface area contributed by atoms with Crippen LogP contribution >= 0.6 is 0 Å². The molecule has 0 spiro atoms. The number of benzene rings is 1. The summed E-state index contributed by atoms with van der Waals surface area (Å²) in [5.74, 6) is 0. The molecule has 0 saturated carbocycles. The van der Waals surface area contributed by atoms with Gasteiger partial charge in [-0.15, -0.1) is 0 Å². The van der Waals surface area contributed by atoms with Gasteiger partial charge in [-0.25, -0.2) is 13.1 Å². The normalized spacial score (nSPS) is 13.2. The Balaban J connectivity index is 2.74. The molecule has 0 fully saturated rings. The molecule has 0 aromatic heterocycles. The van der Waals surface area contributed by atoms with Crippen molar-refractivity contribution in [1.29, 1.82) is 0 Å². The highest BCUT2D eigenvalue weighted by Crippen LogP contribution is 2.23. The maximum Gasteiger partial charge on any atom is 0.240 e. The highest BCUT2D eigenvalue weighted by atomic mass is 32.2. The topological polar surface area (TPSA) is 84.2 Å².